The number of aryl methyl sites for hydroxylation is 2. The number of aliphatic hydroxyl groups is 1. The molecule has 0 amide bonds. The fourth-order valence-electron chi connectivity index (χ4n) is 2.23. The van der Waals surface area contributed by atoms with Crippen LogP contribution in [0.4, 0.5) is 0 Å². The van der Waals surface area contributed by atoms with Crippen LogP contribution in [0, 0.1) is 0 Å². The van der Waals surface area contributed by atoms with Gasteiger partial charge in [0.1, 0.15) is 11.5 Å². The molecule has 2 aromatic carbocycles. The molecule has 0 saturated carbocycles. The van der Waals surface area contributed by atoms with E-state index in [1.54, 1.807) is 24.3 Å². The molecule has 0 aliphatic heterocycles. The highest BCUT2D eigenvalue weighted by atomic mass is 16.3. The number of para-hydroxylation sites is 2. The molecule has 0 aliphatic rings. The zero-order chi connectivity index (χ0) is 14.4. The van der Waals surface area contributed by atoms with Crippen LogP contribution in [-0.2, 0) is 12.8 Å². The zero-order valence-corrected chi connectivity index (χ0v) is 11.4. The first-order chi connectivity index (χ1) is 9.66. The fraction of sp³-hybridized carbons (Fsp3) is 0.294. The van der Waals surface area contributed by atoms with Gasteiger partial charge in [-0.05, 0) is 48.9 Å². The summed E-state index contributed by atoms with van der Waals surface area (Å²) in [4.78, 5) is 0. The largest absolute Gasteiger partial charge is 0.508 e. The van der Waals surface area contributed by atoms with Crippen molar-refractivity contribution < 1.29 is 15.3 Å². The summed E-state index contributed by atoms with van der Waals surface area (Å²) in [5, 5.41) is 29.3. The van der Waals surface area contributed by atoms with Crippen LogP contribution in [0.5, 0.6) is 11.5 Å². The van der Waals surface area contributed by atoms with Gasteiger partial charge in [0.05, 0.1) is 6.10 Å². The predicted molar refractivity (Wildman–Crippen MR) is 78.9 cm³/mol. The lowest BCUT2D eigenvalue weighted by atomic mass is 10.0. The van der Waals surface area contributed by atoms with E-state index in [-0.39, 0.29) is 11.5 Å². The maximum absolute atomic E-state index is 9.99. The van der Waals surface area contributed by atoms with Gasteiger partial charge in [0, 0.05) is 0 Å². The molecule has 106 valence electrons. The molecule has 3 nitrogen and oxygen atoms in total. The maximum atomic E-state index is 9.99. The topological polar surface area (TPSA) is 60.7 Å². The summed E-state index contributed by atoms with van der Waals surface area (Å²) >= 11 is 0. The molecule has 0 spiro atoms. The lowest BCUT2D eigenvalue weighted by Crippen LogP contribution is -2.09. The van der Waals surface area contributed by atoms with Crippen molar-refractivity contribution in [2.75, 3.05) is 0 Å². The maximum Gasteiger partial charge on any atom is 0.118 e. The molecular formula is C17H20O3. The van der Waals surface area contributed by atoms with Gasteiger partial charge < -0.3 is 15.3 Å². The monoisotopic (exact) mass is 272 g/mol. The normalized spacial score (nSPS) is 10.9. The predicted octanol–water partition coefficient (Wildman–Crippen LogP) is 3.02. The van der Waals surface area contributed by atoms with Crippen molar-refractivity contribution in [2.24, 2.45) is 0 Å². The van der Waals surface area contributed by atoms with E-state index in [1.807, 2.05) is 24.3 Å². The summed E-state index contributed by atoms with van der Waals surface area (Å²) in [6.07, 6.45) is 2.06. The first-order valence-corrected chi connectivity index (χ1v) is 6.88. The van der Waals surface area contributed by atoms with E-state index in [9.17, 15) is 15.3 Å². The Morgan fingerprint density at radius 1 is 0.700 bits per heavy atom. The van der Waals surface area contributed by atoms with Crippen LogP contribution >= 0.6 is 0 Å². The molecule has 3 heteroatoms. The summed E-state index contributed by atoms with van der Waals surface area (Å²) in [5.41, 5.74) is 1.71. The van der Waals surface area contributed by atoms with Crippen LogP contribution in [0.2, 0.25) is 0 Å². The summed E-state index contributed by atoms with van der Waals surface area (Å²) in [5.74, 6) is 0.556. The Labute approximate surface area is 119 Å². The molecule has 0 fully saturated rings. The Bertz CT molecular complexity index is 502. The average Bonchev–Trinajstić information content (AvgIpc) is 2.45. The van der Waals surface area contributed by atoms with E-state index in [0.717, 1.165) is 11.1 Å². The van der Waals surface area contributed by atoms with Crippen molar-refractivity contribution in [2.45, 2.75) is 31.8 Å². The third-order valence-corrected chi connectivity index (χ3v) is 3.48. The Morgan fingerprint density at radius 3 is 1.50 bits per heavy atom. The quantitative estimate of drug-likeness (QED) is 0.757. The number of aliphatic hydroxyl groups excluding tert-OH is 1. The zero-order valence-electron chi connectivity index (χ0n) is 11.4. The van der Waals surface area contributed by atoms with Crippen LogP contribution in [-0.4, -0.2) is 21.4 Å². The summed E-state index contributed by atoms with van der Waals surface area (Å²) in [6, 6.07) is 14.4. The second kappa shape index (κ2) is 6.96. The van der Waals surface area contributed by atoms with Gasteiger partial charge in [-0.2, -0.15) is 0 Å². The summed E-state index contributed by atoms with van der Waals surface area (Å²) in [7, 11) is 0. The third-order valence-electron chi connectivity index (χ3n) is 3.48. The van der Waals surface area contributed by atoms with Gasteiger partial charge in [-0.15, -0.1) is 0 Å². The molecule has 0 saturated heterocycles. The van der Waals surface area contributed by atoms with E-state index in [4.69, 9.17) is 0 Å². The minimum absolute atomic E-state index is 0.278. The molecule has 3 N–H and O–H groups in total. The Kier molecular flexibility index (Phi) is 5.02. The number of aromatic hydroxyl groups is 2. The molecule has 2 aromatic rings. The Morgan fingerprint density at radius 2 is 1.10 bits per heavy atom. The number of hydrogen-bond donors (Lipinski definition) is 3. The molecular weight excluding hydrogens is 252 g/mol. The standard InChI is InChI=1S/C17H20O3/c18-15(11-9-13-5-1-3-7-16(13)19)12-10-14-6-2-4-8-17(14)20/h1-8,15,18-20H,9-12H2. The highest BCUT2D eigenvalue weighted by Gasteiger charge is 2.08. The van der Waals surface area contributed by atoms with Crippen LogP contribution in [0.3, 0.4) is 0 Å². The number of benzene rings is 2. The first kappa shape index (κ1) is 14.4. The van der Waals surface area contributed by atoms with Crippen molar-refractivity contribution in [1.82, 2.24) is 0 Å². The van der Waals surface area contributed by atoms with Crippen molar-refractivity contribution in [3.05, 3.63) is 59.7 Å². The average molecular weight is 272 g/mol. The lowest BCUT2D eigenvalue weighted by molar-refractivity contribution is 0.155. The first-order valence-electron chi connectivity index (χ1n) is 6.88. The number of phenols is 2. The molecule has 0 aliphatic carbocycles. The van der Waals surface area contributed by atoms with Crippen LogP contribution < -0.4 is 0 Å². The second-order valence-corrected chi connectivity index (χ2v) is 4.99. The van der Waals surface area contributed by atoms with Gasteiger partial charge in [-0.3, -0.25) is 0 Å². The molecule has 20 heavy (non-hydrogen) atoms. The Balaban J connectivity index is 1.80. The Hall–Kier alpha value is -2.00. The van der Waals surface area contributed by atoms with Crippen molar-refractivity contribution in [3.8, 4) is 11.5 Å². The molecule has 0 aromatic heterocycles. The van der Waals surface area contributed by atoms with Gasteiger partial charge >= 0.3 is 0 Å². The molecule has 0 bridgehead atoms. The minimum Gasteiger partial charge on any atom is -0.508 e. The molecule has 2 rings (SSSR count). The van der Waals surface area contributed by atoms with Gasteiger partial charge in [0.15, 0.2) is 0 Å². The van der Waals surface area contributed by atoms with Gasteiger partial charge in [-0.25, -0.2) is 0 Å². The van der Waals surface area contributed by atoms with E-state index < -0.39 is 6.10 Å². The van der Waals surface area contributed by atoms with Crippen molar-refractivity contribution >= 4 is 0 Å². The second-order valence-electron chi connectivity index (χ2n) is 4.99. The van der Waals surface area contributed by atoms with Crippen LogP contribution in [0.25, 0.3) is 0 Å². The summed E-state index contributed by atoms with van der Waals surface area (Å²) in [6.45, 7) is 0. The lowest BCUT2D eigenvalue weighted by Gasteiger charge is -2.11. The van der Waals surface area contributed by atoms with Crippen molar-refractivity contribution in [3.63, 3.8) is 0 Å². The number of rotatable bonds is 6. The highest BCUT2D eigenvalue weighted by molar-refractivity contribution is 5.32. The van der Waals surface area contributed by atoms with Crippen LogP contribution in [0.1, 0.15) is 24.0 Å². The van der Waals surface area contributed by atoms with Crippen molar-refractivity contribution in [1.29, 1.82) is 0 Å². The highest BCUT2D eigenvalue weighted by Crippen LogP contribution is 2.21. The van der Waals surface area contributed by atoms with E-state index in [2.05, 4.69) is 0 Å². The fourth-order valence-corrected chi connectivity index (χ4v) is 2.23. The van der Waals surface area contributed by atoms with Gasteiger partial charge in [0.2, 0.25) is 0 Å². The van der Waals surface area contributed by atoms with E-state index in [0.29, 0.717) is 25.7 Å². The summed E-state index contributed by atoms with van der Waals surface area (Å²) < 4.78 is 0. The number of hydrogen-bond acceptors (Lipinski definition) is 3. The molecule has 0 atom stereocenters. The molecule has 0 unspecified atom stereocenters. The molecule has 0 radical (unpaired) electrons. The minimum atomic E-state index is -0.436. The third kappa shape index (κ3) is 4.00. The van der Waals surface area contributed by atoms with Gasteiger partial charge in [0.25, 0.3) is 0 Å². The smallest absolute Gasteiger partial charge is 0.118 e. The molecule has 0 heterocycles. The van der Waals surface area contributed by atoms with E-state index in [1.165, 1.54) is 0 Å². The van der Waals surface area contributed by atoms with Gasteiger partial charge in [-0.1, -0.05) is 36.4 Å². The van der Waals surface area contributed by atoms with E-state index >= 15 is 0 Å². The SMILES string of the molecule is Oc1ccccc1CCC(O)CCc1ccccc1O. The van der Waals surface area contributed by atoms with Crippen LogP contribution in [0.15, 0.2) is 48.5 Å². The number of phenolic OH excluding ortho intramolecular Hbond substituents is 2.